The maximum atomic E-state index is 12.0. The highest BCUT2D eigenvalue weighted by atomic mass is 32.2. The number of aromatic nitrogens is 2. The second-order valence-corrected chi connectivity index (χ2v) is 7.94. The Morgan fingerprint density at radius 1 is 1.40 bits per heavy atom. The molecule has 7 nitrogen and oxygen atoms in total. The van der Waals surface area contributed by atoms with Crippen LogP contribution in [-0.4, -0.2) is 59.1 Å². The topological polar surface area (TPSA) is 93.4 Å². The molecular formula is C16H21N5O2S2. The number of amides is 1. The molecule has 1 amide bonds. The first-order valence-electron chi connectivity index (χ1n) is 8.05. The van der Waals surface area contributed by atoms with E-state index in [2.05, 4.69) is 44.7 Å². The molecule has 3 N–H and O–H groups in total. The first kappa shape index (κ1) is 18.1. The van der Waals surface area contributed by atoms with Crippen LogP contribution in [0.5, 0.6) is 0 Å². The summed E-state index contributed by atoms with van der Waals surface area (Å²) in [7, 11) is 0. The number of rotatable bonds is 7. The Labute approximate surface area is 154 Å². The van der Waals surface area contributed by atoms with Crippen molar-refractivity contribution >= 4 is 34.1 Å². The van der Waals surface area contributed by atoms with Crippen LogP contribution in [0, 0.1) is 0 Å². The quantitative estimate of drug-likeness (QED) is 0.699. The van der Waals surface area contributed by atoms with Gasteiger partial charge in [0.25, 0.3) is 0 Å². The van der Waals surface area contributed by atoms with E-state index in [0.717, 1.165) is 19.6 Å². The van der Waals surface area contributed by atoms with Crippen LogP contribution in [-0.2, 0) is 16.1 Å². The van der Waals surface area contributed by atoms with Crippen molar-refractivity contribution in [3.63, 3.8) is 0 Å². The van der Waals surface area contributed by atoms with Gasteiger partial charge in [0.05, 0.1) is 18.5 Å². The van der Waals surface area contributed by atoms with E-state index in [1.54, 1.807) is 0 Å². The fourth-order valence-corrected chi connectivity index (χ4v) is 4.04. The van der Waals surface area contributed by atoms with Crippen molar-refractivity contribution in [2.75, 3.05) is 37.7 Å². The Morgan fingerprint density at radius 3 is 3.00 bits per heavy atom. The number of anilines is 1. The van der Waals surface area contributed by atoms with E-state index >= 15 is 0 Å². The number of morpholine rings is 1. The van der Waals surface area contributed by atoms with Gasteiger partial charge in [0.15, 0.2) is 4.34 Å². The number of hydrogen-bond acceptors (Lipinski definition) is 8. The Hall–Kier alpha value is -1.68. The molecule has 0 spiro atoms. The Balaban J connectivity index is 1.38. The molecule has 25 heavy (non-hydrogen) atoms. The third-order valence-corrected chi connectivity index (χ3v) is 5.63. The predicted octanol–water partition coefficient (Wildman–Crippen LogP) is 1.23. The molecule has 1 saturated heterocycles. The number of benzene rings is 1. The highest BCUT2D eigenvalue weighted by Crippen LogP contribution is 2.23. The lowest BCUT2D eigenvalue weighted by Crippen LogP contribution is -2.47. The second-order valence-electron chi connectivity index (χ2n) is 5.71. The number of carbonyl (C=O) groups is 1. The predicted molar refractivity (Wildman–Crippen MR) is 99.5 cm³/mol. The summed E-state index contributed by atoms with van der Waals surface area (Å²) in [6.45, 7) is 3.83. The molecule has 2 heterocycles. The second kappa shape index (κ2) is 9.14. The minimum absolute atomic E-state index is 0.0172. The van der Waals surface area contributed by atoms with Gasteiger partial charge in [0, 0.05) is 26.2 Å². The SMILES string of the molecule is Nc1nnc(SCC(=O)NCC2CN(Cc3ccccc3)CCO2)s1. The average Bonchev–Trinajstić information content (AvgIpc) is 3.05. The van der Waals surface area contributed by atoms with Crippen LogP contribution < -0.4 is 11.1 Å². The van der Waals surface area contributed by atoms with E-state index in [1.807, 2.05) is 6.07 Å². The maximum Gasteiger partial charge on any atom is 0.230 e. The van der Waals surface area contributed by atoms with Crippen molar-refractivity contribution in [1.82, 2.24) is 20.4 Å². The fraction of sp³-hybridized carbons (Fsp3) is 0.438. The number of nitrogens with two attached hydrogens (primary N) is 1. The number of nitrogens with one attached hydrogen (secondary N) is 1. The van der Waals surface area contributed by atoms with Crippen molar-refractivity contribution in [2.24, 2.45) is 0 Å². The van der Waals surface area contributed by atoms with Gasteiger partial charge in [-0.3, -0.25) is 9.69 Å². The maximum absolute atomic E-state index is 12.0. The highest BCUT2D eigenvalue weighted by Gasteiger charge is 2.21. The van der Waals surface area contributed by atoms with Gasteiger partial charge in [-0.15, -0.1) is 10.2 Å². The van der Waals surface area contributed by atoms with Crippen LogP contribution in [0.2, 0.25) is 0 Å². The third-order valence-electron chi connectivity index (χ3n) is 3.75. The van der Waals surface area contributed by atoms with E-state index < -0.39 is 0 Å². The van der Waals surface area contributed by atoms with Crippen LogP contribution in [0.15, 0.2) is 34.7 Å². The minimum atomic E-state index is -0.0393. The molecule has 1 fully saturated rings. The Bertz CT molecular complexity index is 682. The number of carbonyl (C=O) groups excluding carboxylic acids is 1. The number of thioether (sulfide) groups is 1. The van der Waals surface area contributed by atoms with Crippen molar-refractivity contribution < 1.29 is 9.53 Å². The van der Waals surface area contributed by atoms with E-state index in [-0.39, 0.29) is 12.0 Å². The zero-order chi connectivity index (χ0) is 17.5. The summed E-state index contributed by atoms with van der Waals surface area (Å²) >= 11 is 2.62. The van der Waals surface area contributed by atoms with E-state index in [0.29, 0.717) is 28.4 Å². The zero-order valence-electron chi connectivity index (χ0n) is 13.8. The molecule has 9 heteroatoms. The third kappa shape index (κ3) is 5.96. The zero-order valence-corrected chi connectivity index (χ0v) is 15.4. The Morgan fingerprint density at radius 2 is 2.24 bits per heavy atom. The average molecular weight is 380 g/mol. The molecule has 2 aromatic rings. The lowest BCUT2D eigenvalue weighted by Gasteiger charge is -2.33. The summed E-state index contributed by atoms with van der Waals surface area (Å²) in [6.07, 6.45) is 0.0172. The molecule has 0 saturated carbocycles. The molecule has 3 rings (SSSR count). The molecule has 1 aromatic heterocycles. The minimum Gasteiger partial charge on any atom is -0.374 e. The number of hydrogen-bond donors (Lipinski definition) is 2. The van der Waals surface area contributed by atoms with Gasteiger partial charge in [-0.05, 0) is 5.56 Å². The highest BCUT2D eigenvalue weighted by molar-refractivity contribution is 8.01. The lowest BCUT2D eigenvalue weighted by atomic mass is 10.2. The fourth-order valence-electron chi connectivity index (χ4n) is 2.57. The summed E-state index contributed by atoms with van der Waals surface area (Å²) in [5.41, 5.74) is 6.81. The van der Waals surface area contributed by atoms with Crippen molar-refractivity contribution in [1.29, 1.82) is 0 Å². The Kier molecular flexibility index (Phi) is 6.62. The van der Waals surface area contributed by atoms with Crippen molar-refractivity contribution in [2.45, 2.75) is 17.0 Å². The van der Waals surface area contributed by atoms with Gasteiger partial charge in [0.2, 0.25) is 11.0 Å². The van der Waals surface area contributed by atoms with Gasteiger partial charge in [0.1, 0.15) is 0 Å². The first-order valence-corrected chi connectivity index (χ1v) is 9.85. The summed E-state index contributed by atoms with van der Waals surface area (Å²) in [5.74, 6) is 0.261. The summed E-state index contributed by atoms with van der Waals surface area (Å²) in [6, 6.07) is 10.4. The van der Waals surface area contributed by atoms with Crippen LogP contribution in [0.1, 0.15) is 5.56 Å². The largest absolute Gasteiger partial charge is 0.374 e. The van der Waals surface area contributed by atoms with Gasteiger partial charge >= 0.3 is 0 Å². The molecule has 134 valence electrons. The van der Waals surface area contributed by atoms with Gasteiger partial charge in [-0.2, -0.15) is 0 Å². The summed E-state index contributed by atoms with van der Waals surface area (Å²) in [5, 5.41) is 10.9. The molecule has 1 aromatic carbocycles. The van der Waals surface area contributed by atoms with E-state index in [1.165, 1.54) is 28.7 Å². The number of nitrogens with zero attached hydrogens (tertiary/aromatic N) is 3. The summed E-state index contributed by atoms with van der Waals surface area (Å²) < 4.78 is 6.47. The van der Waals surface area contributed by atoms with Crippen molar-refractivity contribution in [3.05, 3.63) is 35.9 Å². The smallest absolute Gasteiger partial charge is 0.230 e. The first-order chi connectivity index (χ1) is 12.2. The molecule has 1 unspecified atom stereocenters. The molecule has 1 atom stereocenters. The molecule has 1 aliphatic rings. The summed E-state index contributed by atoms with van der Waals surface area (Å²) in [4.78, 5) is 14.3. The molecule has 0 radical (unpaired) electrons. The van der Waals surface area contributed by atoms with Crippen molar-refractivity contribution in [3.8, 4) is 0 Å². The monoisotopic (exact) mass is 379 g/mol. The van der Waals surface area contributed by atoms with E-state index in [9.17, 15) is 4.79 Å². The standard InChI is InChI=1S/C16H21N5O2S2/c17-15-19-20-16(25-15)24-11-14(22)18-8-13-10-21(6-7-23-13)9-12-4-2-1-3-5-12/h1-5,13H,6-11H2,(H2,17,19)(H,18,22). The molecule has 0 aliphatic carbocycles. The molecule has 0 bridgehead atoms. The number of nitrogen functional groups attached to an aromatic ring is 1. The van der Waals surface area contributed by atoms with Gasteiger partial charge < -0.3 is 15.8 Å². The number of ether oxygens (including phenoxy) is 1. The molecular weight excluding hydrogens is 358 g/mol. The van der Waals surface area contributed by atoms with E-state index in [4.69, 9.17) is 10.5 Å². The molecule has 1 aliphatic heterocycles. The van der Waals surface area contributed by atoms with Crippen LogP contribution in [0.3, 0.4) is 0 Å². The lowest BCUT2D eigenvalue weighted by molar-refractivity contribution is -0.119. The normalized spacial score (nSPS) is 18.2. The van der Waals surface area contributed by atoms with Crippen LogP contribution in [0.4, 0.5) is 5.13 Å². The van der Waals surface area contributed by atoms with Crippen LogP contribution >= 0.6 is 23.1 Å². The van der Waals surface area contributed by atoms with Gasteiger partial charge in [-0.1, -0.05) is 53.4 Å². The van der Waals surface area contributed by atoms with Crippen LogP contribution in [0.25, 0.3) is 0 Å². The van der Waals surface area contributed by atoms with Gasteiger partial charge in [-0.25, -0.2) is 0 Å².